The van der Waals surface area contributed by atoms with Crippen LogP contribution in [0.15, 0.2) is 93.7 Å². The van der Waals surface area contributed by atoms with Crippen molar-refractivity contribution in [2.24, 2.45) is 4.99 Å². The summed E-state index contributed by atoms with van der Waals surface area (Å²) in [6, 6.07) is 20.1. The minimum Gasteiger partial charge on any atom is -0.378 e. The lowest BCUT2D eigenvalue weighted by molar-refractivity contribution is 0.0664. The van der Waals surface area contributed by atoms with Gasteiger partial charge in [0.05, 0.1) is 5.92 Å². The van der Waals surface area contributed by atoms with E-state index in [4.69, 9.17) is 9.18 Å². The minimum atomic E-state index is -3.94. The summed E-state index contributed by atoms with van der Waals surface area (Å²) < 4.78 is 31.4. The molecule has 2 unspecified atom stereocenters. The average molecular weight is 612 g/mol. The molecule has 3 aliphatic rings. The van der Waals surface area contributed by atoms with Gasteiger partial charge in [-0.3, -0.25) is 14.8 Å². The Balaban J connectivity index is 1.26. The second-order valence-corrected chi connectivity index (χ2v) is 13.5. The first-order valence-corrected chi connectivity index (χ1v) is 16.3. The Morgan fingerprint density at radius 2 is 1.74 bits per heavy atom. The zero-order valence-corrected chi connectivity index (χ0v) is 25.0. The van der Waals surface area contributed by atoms with E-state index in [-0.39, 0.29) is 27.9 Å². The summed E-state index contributed by atoms with van der Waals surface area (Å²) in [4.78, 5) is 26.4. The molecule has 2 atom stereocenters. The molecule has 0 aliphatic carbocycles. The van der Waals surface area contributed by atoms with Crippen LogP contribution in [0.3, 0.4) is 0 Å². The van der Waals surface area contributed by atoms with Gasteiger partial charge in [0.25, 0.3) is 5.91 Å². The zero-order valence-electron chi connectivity index (χ0n) is 23.4. The quantitative estimate of drug-likeness (QED) is 0.312. The Hall–Kier alpha value is -4.32. The third-order valence-electron chi connectivity index (χ3n) is 8.11. The fourth-order valence-corrected chi connectivity index (χ4v) is 7.75. The van der Waals surface area contributed by atoms with Gasteiger partial charge in [0.1, 0.15) is 11.9 Å². The Bertz CT molecular complexity index is 1830. The van der Waals surface area contributed by atoms with Crippen LogP contribution in [0.1, 0.15) is 33.0 Å². The standard InChI is InChI=1S/C32H29N5O4S2/c1-36-14-16-37(17-15-36)32(38)23-6-4-21(5-7-23)26-20-34-31-30(29(26)22-10-12-33-13-11-22)25-19-24(8-9-27(25)35-31)41-43(39,40)28-3-2-18-42-28/h2-13,18-20,30-31,35H,14-17H2,1H3. The van der Waals surface area contributed by atoms with Crippen LogP contribution in [0.25, 0.3) is 11.1 Å². The molecule has 43 heavy (non-hydrogen) atoms. The fraction of sp³-hybridized carbons (Fsp3) is 0.219. The normalized spacial score (nSPS) is 20.0. The molecule has 4 aromatic rings. The Labute approximate surface area is 254 Å². The van der Waals surface area contributed by atoms with Gasteiger partial charge in [-0.15, -0.1) is 11.3 Å². The Kier molecular flexibility index (Phi) is 7.08. The summed E-state index contributed by atoms with van der Waals surface area (Å²) in [7, 11) is -1.87. The number of pyridine rings is 1. The molecule has 0 spiro atoms. The first kappa shape index (κ1) is 27.5. The van der Waals surface area contributed by atoms with Gasteiger partial charge in [-0.25, -0.2) is 0 Å². The number of benzene rings is 2. The van der Waals surface area contributed by atoms with Crippen molar-refractivity contribution >= 4 is 50.4 Å². The van der Waals surface area contributed by atoms with E-state index in [9.17, 15) is 13.2 Å². The number of hydrogen-bond donors (Lipinski definition) is 1. The van der Waals surface area contributed by atoms with Crippen molar-refractivity contribution in [2.45, 2.75) is 16.3 Å². The molecule has 0 radical (unpaired) electrons. The molecule has 1 N–H and O–H groups in total. The number of aliphatic imine (C=N–C) groups is 1. The van der Waals surface area contributed by atoms with E-state index in [1.807, 2.05) is 53.6 Å². The second kappa shape index (κ2) is 11.1. The molecule has 1 saturated heterocycles. The van der Waals surface area contributed by atoms with E-state index in [1.165, 1.54) is 6.07 Å². The van der Waals surface area contributed by atoms with Gasteiger partial charge in [-0.2, -0.15) is 8.42 Å². The van der Waals surface area contributed by atoms with Crippen molar-refractivity contribution in [1.82, 2.24) is 14.8 Å². The number of nitrogens with one attached hydrogen (secondary N) is 1. The lowest BCUT2D eigenvalue weighted by atomic mass is 9.80. The van der Waals surface area contributed by atoms with Gasteiger partial charge in [-0.05, 0) is 83.2 Å². The third-order valence-corrected chi connectivity index (χ3v) is 10.7. The van der Waals surface area contributed by atoms with E-state index >= 15 is 0 Å². The molecule has 7 rings (SSSR count). The smallest absolute Gasteiger partial charge is 0.348 e. The monoisotopic (exact) mass is 611 g/mol. The summed E-state index contributed by atoms with van der Waals surface area (Å²) in [5.41, 5.74) is 6.30. The molecule has 1 amide bonds. The van der Waals surface area contributed by atoms with Crippen LogP contribution in [0.5, 0.6) is 5.75 Å². The summed E-state index contributed by atoms with van der Waals surface area (Å²) in [6.07, 6.45) is 5.12. The zero-order chi connectivity index (χ0) is 29.6. The van der Waals surface area contributed by atoms with E-state index in [2.05, 4.69) is 22.2 Å². The maximum atomic E-state index is 13.2. The predicted octanol–water partition coefficient (Wildman–Crippen LogP) is 4.83. The van der Waals surface area contributed by atoms with E-state index in [1.54, 1.807) is 36.0 Å². The molecule has 2 aromatic carbocycles. The fourth-order valence-electron chi connectivity index (χ4n) is 5.88. The van der Waals surface area contributed by atoms with E-state index < -0.39 is 10.1 Å². The number of amides is 1. The number of thiophene rings is 1. The highest BCUT2D eigenvalue weighted by Crippen LogP contribution is 2.50. The summed E-state index contributed by atoms with van der Waals surface area (Å²) in [5.74, 6) is 0.0721. The first-order valence-electron chi connectivity index (χ1n) is 14.0. The van der Waals surface area contributed by atoms with Gasteiger partial charge < -0.3 is 19.3 Å². The van der Waals surface area contributed by atoms with Crippen molar-refractivity contribution in [3.05, 3.63) is 107 Å². The predicted molar refractivity (Wildman–Crippen MR) is 168 cm³/mol. The second-order valence-electron chi connectivity index (χ2n) is 10.8. The van der Waals surface area contributed by atoms with Crippen molar-refractivity contribution < 1.29 is 17.4 Å². The lowest BCUT2D eigenvalue weighted by Crippen LogP contribution is -2.47. The topological polar surface area (TPSA) is 104 Å². The van der Waals surface area contributed by atoms with Crippen LogP contribution in [0, 0.1) is 0 Å². The molecular weight excluding hydrogens is 583 g/mol. The van der Waals surface area contributed by atoms with Gasteiger partial charge >= 0.3 is 10.1 Å². The molecule has 11 heteroatoms. The van der Waals surface area contributed by atoms with Crippen LogP contribution in [0.4, 0.5) is 5.69 Å². The van der Waals surface area contributed by atoms with Gasteiger partial charge in [0, 0.05) is 61.6 Å². The number of fused-ring (bicyclic) bond motifs is 3. The van der Waals surface area contributed by atoms with Crippen LogP contribution >= 0.6 is 11.3 Å². The van der Waals surface area contributed by atoms with Crippen molar-refractivity contribution in [2.75, 3.05) is 38.5 Å². The van der Waals surface area contributed by atoms with Gasteiger partial charge in [0.2, 0.25) is 0 Å². The summed E-state index contributed by atoms with van der Waals surface area (Å²) in [6.45, 7) is 3.17. The lowest BCUT2D eigenvalue weighted by Gasteiger charge is -2.32. The molecule has 5 heterocycles. The van der Waals surface area contributed by atoms with E-state index in [0.29, 0.717) is 5.56 Å². The molecule has 0 saturated carbocycles. The van der Waals surface area contributed by atoms with Gasteiger partial charge in [0.15, 0.2) is 4.21 Å². The number of dihydropyridines is 1. The number of aromatic nitrogens is 1. The number of hydrogen-bond acceptors (Lipinski definition) is 9. The van der Waals surface area contributed by atoms with Gasteiger partial charge in [-0.1, -0.05) is 18.2 Å². The number of carbonyl (C=O) groups excluding carboxylic acids is 1. The van der Waals surface area contributed by atoms with Crippen LogP contribution < -0.4 is 9.50 Å². The molecule has 2 aromatic heterocycles. The van der Waals surface area contributed by atoms with Crippen LogP contribution in [0.2, 0.25) is 0 Å². The maximum absolute atomic E-state index is 13.2. The maximum Gasteiger partial charge on any atom is 0.348 e. The molecule has 0 bridgehead atoms. The number of nitrogens with zero attached hydrogens (tertiary/aromatic N) is 4. The minimum absolute atomic E-state index is 0.0410. The average Bonchev–Trinajstić information content (AvgIpc) is 3.70. The largest absolute Gasteiger partial charge is 0.378 e. The Morgan fingerprint density at radius 3 is 2.47 bits per heavy atom. The van der Waals surface area contributed by atoms with Crippen molar-refractivity contribution in [3.8, 4) is 5.75 Å². The molecule has 1 fully saturated rings. The summed E-state index contributed by atoms with van der Waals surface area (Å²) >= 11 is 1.12. The summed E-state index contributed by atoms with van der Waals surface area (Å²) in [5, 5.41) is 5.19. The Morgan fingerprint density at radius 1 is 0.977 bits per heavy atom. The SMILES string of the molecule is CN1CCN(C(=O)c2ccc(C3=C(c4ccncc4)C4c5cc(OS(=O)(=O)c6cccs6)ccc5NC4N=C3)cc2)CC1. The highest BCUT2D eigenvalue weighted by Gasteiger charge is 2.39. The number of allylic oxidation sites excluding steroid dienone is 1. The van der Waals surface area contributed by atoms with Crippen LogP contribution in [-0.2, 0) is 10.1 Å². The molecule has 218 valence electrons. The number of carbonyl (C=O) groups is 1. The highest BCUT2D eigenvalue weighted by atomic mass is 32.3. The first-order chi connectivity index (χ1) is 20.9. The number of likely N-dealkylation sites (N-methyl/N-ethyl adjacent to an activating group) is 1. The van der Waals surface area contributed by atoms with Crippen LogP contribution in [-0.4, -0.2) is 74.7 Å². The number of anilines is 1. The number of rotatable bonds is 6. The van der Waals surface area contributed by atoms with E-state index in [0.717, 1.165) is 71.0 Å². The molecular formula is C32H29N5O4S2. The molecule has 9 nitrogen and oxygen atoms in total. The van der Waals surface area contributed by atoms with Crippen molar-refractivity contribution in [1.29, 1.82) is 0 Å². The molecule has 3 aliphatic heterocycles. The van der Waals surface area contributed by atoms with Crippen molar-refractivity contribution in [3.63, 3.8) is 0 Å². The number of piperazine rings is 1. The third kappa shape index (κ3) is 5.24. The highest BCUT2D eigenvalue weighted by molar-refractivity contribution is 7.89.